The fraction of sp³-hybridized carbons (Fsp3) is 0.692. The molecule has 1 aliphatic heterocycles. The summed E-state index contributed by atoms with van der Waals surface area (Å²) in [4.78, 5) is 11.2. The number of piperazine rings is 1. The molecule has 2 heterocycles. The first-order valence-corrected chi connectivity index (χ1v) is 6.66. The number of ether oxygens (including phenoxy) is 1. The van der Waals surface area contributed by atoms with Crippen LogP contribution < -0.4 is 15.0 Å². The Morgan fingerprint density at radius 1 is 1.50 bits per heavy atom. The number of anilines is 1. The molecule has 0 radical (unpaired) electrons. The number of rotatable bonds is 4. The van der Waals surface area contributed by atoms with Gasteiger partial charge in [-0.2, -0.15) is 4.98 Å². The molecule has 1 fully saturated rings. The van der Waals surface area contributed by atoms with E-state index < -0.39 is 0 Å². The maximum absolute atomic E-state index is 5.60. The monoisotopic (exact) mass is 250 g/mol. The van der Waals surface area contributed by atoms with Gasteiger partial charge in [0.1, 0.15) is 0 Å². The second kappa shape index (κ2) is 6.00. The summed E-state index contributed by atoms with van der Waals surface area (Å²) in [5.74, 6) is 1.47. The normalized spacial score (nSPS) is 19.9. The molecule has 0 spiro atoms. The summed E-state index contributed by atoms with van der Waals surface area (Å²) in [5, 5.41) is 3.42. The summed E-state index contributed by atoms with van der Waals surface area (Å²) < 4.78 is 5.60. The Kier molecular flexibility index (Phi) is 4.36. The molecule has 5 nitrogen and oxygen atoms in total. The van der Waals surface area contributed by atoms with Crippen LogP contribution in [0.5, 0.6) is 5.88 Å². The maximum atomic E-state index is 5.60. The van der Waals surface area contributed by atoms with Crippen molar-refractivity contribution in [3.05, 3.63) is 11.8 Å². The highest BCUT2D eigenvalue weighted by atomic mass is 16.5. The number of aromatic nitrogens is 2. The quantitative estimate of drug-likeness (QED) is 0.874. The smallest absolute Gasteiger partial charge is 0.228 e. The second-order valence-electron chi connectivity index (χ2n) is 4.80. The minimum atomic E-state index is 0.475. The van der Waals surface area contributed by atoms with Gasteiger partial charge in [-0.1, -0.05) is 6.92 Å². The highest BCUT2D eigenvalue weighted by Crippen LogP contribution is 2.16. The third-order valence-corrected chi connectivity index (χ3v) is 2.92. The topological polar surface area (TPSA) is 50.3 Å². The van der Waals surface area contributed by atoms with Crippen LogP contribution >= 0.6 is 0 Å². The zero-order chi connectivity index (χ0) is 13.0. The summed E-state index contributed by atoms with van der Waals surface area (Å²) in [6.45, 7) is 9.81. The van der Waals surface area contributed by atoms with Crippen molar-refractivity contribution in [2.45, 2.75) is 33.2 Å². The van der Waals surface area contributed by atoms with Crippen LogP contribution in [0.1, 0.15) is 26.0 Å². The molecule has 0 amide bonds. The average Bonchev–Trinajstić information content (AvgIpc) is 2.36. The van der Waals surface area contributed by atoms with Gasteiger partial charge >= 0.3 is 0 Å². The fourth-order valence-electron chi connectivity index (χ4n) is 2.06. The number of nitrogens with zero attached hydrogens (tertiary/aromatic N) is 3. The molecule has 1 aromatic rings. The van der Waals surface area contributed by atoms with E-state index in [0.717, 1.165) is 37.7 Å². The zero-order valence-corrected chi connectivity index (χ0v) is 11.4. The largest absolute Gasteiger partial charge is 0.478 e. The fourth-order valence-corrected chi connectivity index (χ4v) is 2.06. The summed E-state index contributed by atoms with van der Waals surface area (Å²) in [7, 11) is 0. The number of aryl methyl sites for hydroxylation is 1. The van der Waals surface area contributed by atoms with Crippen molar-refractivity contribution in [2.24, 2.45) is 0 Å². The van der Waals surface area contributed by atoms with Gasteiger partial charge in [-0.05, 0) is 20.3 Å². The molecule has 1 saturated heterocycles. The Morgan fingerprint density at radius 2 is 2.33 bits per heavy atom. The molecule has 1 atom stereocenters. The predicted octanol–water partition coefficient (Wildman–Crippen LogP) is 1.37. The minimum absolute atomic E-state index is 0.475. The van der Waals surface area contributed by atoms with Crippen LogP contribution in [0.2, 0.25) is 0 Å². The Bertz CT molecular complexity index is 397. The number of hydrogen-bond acceptors (Lipinski definition) is 5. The maximum Gasteiger partial charge on any atom is 0.228 e. The highest BCUT2D eigenvalue weighted by molar-refractivity contribution is 5.35. The van der Waals surface area contributed by atoms with Crippen LogP contribution in [0, 0.1) is 6.92 Å². The molecule has 0 bridgehead atoms. The first-order valence-electron chi connectivity index (χ1n) is 6.66. The van der Waals surface area contributed by atoms with E-state index in [1.165, 1.54) is 0 Å². The molecular formula is C13H22N4O. The van der Waals surface area contributed by atoms with Crippen LogP contribution in [0.15, 0.2) is 6.07 Å². The van der Waals surface area contributed by atoms with Crippen LogP contribution in [0.3, 0.4) is 0 Å². The third kappa shape index (κ3) is 3.32. The van der Waals surface area contributed by atoms with Gasteiger partial charge in [-0.3, -0.25) is 0 Å². The third-order valence-electron chi connectivity index (χ3n) is 2.92. The lowest BCUT2D eigenvalue weighted by atomic mass is 10.2. The zero-order valence-electron chi connectivity index (χ0n) is 11.4. The molecule has 100 valence electrons. The van der Waals surface area contributed by atoms with Crippen LogP contribution in [0.4, 0.5) is 5.95 Å². The summed E-state index contributed by atoms with van der Waals surface area (Å²) >= 11 is 0. The van der Waals surface area contributed by atoms with E-state index in [2.05, 4.69) is 34.0 Å². The van der Waals surface area contributed by atoms with Crippen molar-refractivity contribution in [3.8, 4) is 5.88 Å². The molecule has 0 unspecified atom stereocenters. The van der Waals surface area contributed by atoms with E-state index in [-0.39, 0.29) is 0 Å². The van der Waals surface area contributed by atoms with Crippen molar-refractivity contribution in [3.63, 3.8) is 0 Å². The van der Waals surface area contributed by atoms with Gasteiger partial charge in [0, 0.05) is 37.4 Å². The molecule has 1 aliphatic rings. The van der Waals surface area contributed by atoms with E-state index in [9.17, 15) is 0 Å². The molecule has 1 N–H and O–H groups in total. The molecule has 5 heteroatoms. The molecule has 0 aliphatic carbocycles. The first kappa shape index (κ1) is 13.1. The van der Waals surface area contributed by atoms with Crippen molar-refractivity contribution in [1.29, 1.82) is 0 Å². The van der Waals surface area contributed by atoms with Crippen molar-refractivity contribution < 1.29 is 4.74 Å². The predicted molar refractivity (Wildman–Crippen MR) is 72.2 cm³/mol. The van der Waals surface area contributed by atoms with Gasteiger partial charge in [-0.15, -0.1) is 0 Å². The summed E-state index contributed by atoms with van der Waals surface area (Å²) in [6.07, 6.45) is 0.989. The summed E-state index contributed by atoms with van der Waals surface area (Å²) in [5.41, 5.74) is 0.956. The van der Waals surface area contributed by atoms with Gasteiger partial charge in [0.25, 0.3) is 0 Å². The van der Waals surface area contributed by atoms with Crippen molar-refractivity contribution >= 4 is 5.95 Å². The molecule has 0 saturated carbocycles. The molecule has 18 heavy (non-hydrogen) atoms. The molecule has 2 rings (SSSR count). The van der Waals surface area contributed by atoms with Gasteiger partial charge in [0.05, 0.1) is 6.61 Å². The SMILES string of the molecule is CCCOc1cc(C)nc(N2CCN[C@H](C)C2)n1. The van der Waals surface area contributed by atoms with E-state index in [1.807, 2.05) is 13.0 Å². The lowest BCUT2D eigenvalue weighted by molar-refractivity contribution is 0.304. The first-order chi connectivity index (χ1) is 8.69. The van der Waals surface area contributed by atoms with Crippen molar-refractivity contribution in [1.82, 2.24) is 15.3 Å². The van der Waals surface area contributed by atoms with Gasteiger partial charge in [0.2, 0.25) is 11.8 Å². The minimum Gasteiger partial charge on any atom is -0.478 e. The standard InChI is InChI=1S/C13H22N4O/c1-4-7-18-12-8-10(2)15-13(16-12)17-6-5-14-11(3)9-17/h8,11,14H,4-7,9H2,1-3H3/t11-/m1/s1. The van der Waals surface area contributed by atoms with E-state index in [1.54, 1.807) is 0 Å². The van der Waals surface area contributed by atoms with E-state index in [4.69, 9.17) is 4.74 Å². The van der Waals surface area contributed by atoms with E-state index in [0.29, 0.717) is 18.5 Å². The van der Waals surface area contributed by atoms with Crippen LogP contribution in [0.25, 0.3) is 0 Å². The lowest BCUT2D eigenvalue weighted by Gasteiger charge is -2.32. The Hall–Kier alpha value is -1.36. The Labute approximate surface area is 109 Å². The average molecular weight is 250 g/mol. The number of nitrogens with one attached hydrogen (secondary N) is 1. The van der Waals surface area contributed by atoms with Crippen LogP contribution in [-0.2, 0) is 0 Å². The van der Waals surface area contributed by atoms with Gasteiger partial charge in [-0.25, -0.2) is 4.98 Å². The Balaban J connectivity index is 2.13. The van der Waals surface area contributed by atoms with E-state index >= 15 is 0 Å². The Morgan fingerprint density at radius 3 is 3.06 bits per heavy atom. The highest BCUT2D eigenvalue weighted by Gasteiger charge is 2.18. The van der Waals surface area contributed by atoms with Crippen LogP contribution in [-0.4, -0.2) is 42.3 Å². The van der Waals surface area contributed by atoms with Crippen molar-refractivity contribution in [2.75, 3.05) is 31.1 Å². The molecule has 1 aromatic heterocycles. The van der Waals surface area contributed by atoms with Gasteiger partial charge in [0.15, 0.2) is 0 Å². The molecule has 0 aromatic carbocycles. The molecular weight excluding hydrogens is 228 g/mol. The number of hydrogen-bond donors (Lipinski definition) is 1. The summed E-state index contributed by atoms with van der Waals surface area (Å²) in [6, 6.07) is 2.37. The second-order valence-corrected chi connectivity index (χ2v) is 4.80. The lowest BCUT2D eigenvalue weighted by Crippen LogP contribution is -2.49. The van der Waals surface area contributed by atoms with Gasteiger partial charge < -0.3 is 15.0 Å².